The number of ether oxygens (including phenoxy) is 1. The van der Waals surface area contributed by atoms with Crippen molar-refractivity contribution in [3.63, 3.8) is 0 Å². The molecule has 12 heteroatoms. The zero-order valence-electron chi connectivity index (χ0n) is 35.2. The van der Waals surface area contributed by atoms with Gasteiger partial charge in [0.1, 0.15) is 12.7 Å². The van der Waals surface area contributed by atoms with Gasteiger partial charge in [-0.25, -0.2) is 9.36 Å². The molecule has 3 unspecified atom stereocenters. The number of carboxylic acid groups (broad SMARTS) is 1. The Morgan fingerprint density at radius 1 is 0.571 bits per heavy atom. The number of carbonyl (C=O) groups is 3. The molecule has 11 nitrogen and oxygen atoms in total. The molecule has 3 atom stereocenters. The van der Waals surface area contributed by atoms with Gasteiger partial charge in [0, 0.05) is 12.8 Å². The third-order valence-electron chi connectivity index (χ3n) is 9.38. The van der Waals surface area contributed by atoms with Crippen molar-refractivity contribution in [2.45, 2.75) is 206 Å². The first-order chi connectivity index (χ1) is 27.1. The number of aliphatic hydroxyl groups is 1. The molecule has 0 aliphatic carbocycles. The second-order valence-electron chi connectivity index (χ2n) is 14.9. The van der Waals surface area contributed by atoms with E-state index in [1.165, 1.54) is 89.9 Å². The smallest absolute Gasteiger partial charge is 0.472 e. The van der Waals surface area contributed by atoms with Crippen molar-refractivity contribution in [2.24, 2.45) is 0 Å². The maximum Gasteiger partial charge on any atom is 0.472 e. The number of aliphatic carboxylic acids is 1. The number of rotatable bonds is 41. The SMILES string of the molecule is CCC/C=C\C/C=C\CCCCCCCC(=O)OCC(O)COP(=O)(O)OCC(NC(=O)CCCCCCCCCCC/C=C/CCCCCCCC)C(=O)O. The van der Waals surface area contributed by atoms with Gasteiger partial charge < -0.3 is 25.2 Å². The fraction of sp³-hybridized carbons (Fsp3) is 0.795. The summed E-state index contributed by atoms with van der Waals surface area (Å²) in [6.45, 7) is 2.51. The minimum atomic E-state index is -4.76. The fourth-order valence-corrected chi connectivity index (χ4v) is 6.71. The van der Waals surface area contributed by atoms with Gasteiger partial charge >= 0.3 is 19.8 Å². The van der Waals surface area contributed by atoms with Crippen LogP contribution >= 0.6 is 7.82 Å². The highest BCUT2D eigenvalue weighted by Gasteiger charge is 2.28. The summed E-state index contributed by atoms with van der Waals surface area (Å²) in [6, 6.07) is -1.55. The molecule has 0 aliphatic rings. The van der Waals surface area contributed by atoms with E-state index < -0.39 is 57.6 Å². The van der Waals surface area contributed by atoms with E-state index >= 15 is 0 Å². The second-order valence-corrected chi connectivity index (χ2v) is 16.3. The van der Waals surface area contributed by atoms with Crippen molar-refractivity contribution >= 4 is 25.7 Å². The number of unbranched alkanes of at least 4 members (excludes halogenated alkanes) is 21. The maximum atomic E-state index is 12.3. The summed E-state index contributed by atoms with van der Waals surface area (Å²) in [5, 5.41) is 21.8. The standard InChI is InChI=1S/C44H80NO10P/c1-3-5-7-9-11-13-15-17-18-19-20-21-22-24-25-27-29-31-33-35-42(47)45-41(44(49)50)39-55-56(51,52)54-38-40(46)37-53-43(48)36-34-32-30-28-26-23-16-14-12-10-8-6-4-2/h8,10,14,16-18,40-41,46H,3-7,9,11-13,15,19-39H2,1-2H3,(H,45,47)(H,49,50)(H,51,52)/b10-8-,16-14-,18-17+. The largest absolute Gasteiger partial charge is 0.480 e. The Hall–Kier alpha value is -2.30. The Kier molecular flexibility index (Phi) is 37.9. The Balaban J connectivity index is 3.91. The maximum absolute atomic E-state index is 12.3. The third kappa shape index (κ3) is 38.6. The molecule has 1 amide bonds. The number of carboxylic acids is 1. The predicted molar refractivity (Wildman–Crippen MR) is 226 cm³/mol. The lowest BCUT2D eigenvalue weighted by Gasteiger charge is -2.18. The molecule has 326 valence electrons. The molecule has 0 saturated carbocycles. The summed E-state index contributed by atoms with van der Waals surface area (Å²) in [5.74, 6) is -2.39. The average molecular weight is 814 g/mol. The number of hydrogen-bond donors (Lipinski definition) is 4. The highest BCUT2D eigenvalue weighted by atomic mass is 31.2. The highest BCUT2D eigenvalue weighted by molar-refractivity contribution is 7.47. The number of amides is 1. The fourth-order valence-electron chi connectivity index (χ4n) is 5.94. The summed E-state index contributed by atoms with van der Waals surface area (Å²) in [4.78, 5) is 45.9. The number of esters is 1. The van der Waals surface area contributed by atoms with Gasteiger partial charge in [0.2, 0.25) is 5.91 Å². The molecule has 0 aromatic heterocycles. The monoisotopic (exact) mass is 814 g/mol. The van der Waals surface area contributed by atoms with Crippen LogP contribution in [-0.4, -0.2) is 64.9 Å². The van der Waals surface area contributed by atoms with Crippen LogP contribution in [0.5, 0.6) is 0 Å². The van der Waals surface area contributed by atoms with Crippen LogP contribution in [-0.2, 0) is 32.7 Å². The van der Waals surface area contributed by atoms with Gasteiger partial charge in [-0.05, 0) is 64.2 Å². The van der Waals surface area contributed by atoms with Gasteiger partial charge in [-0.1, -0.05) is 153 Å². The molecule has 4 N–H and O–H groups in total. The van der Waals surface area contributed by atoms with E-state index in [-0.39, 0.29) is 12.8 Å². The first-order valence-electron chi connectivity index (χ1n) is 22.0. The molecule has 0 aliphatic heterocycles. The van der Waals surface area contributed by atoms with Crippen LogP contribution in [0.25, 0.3) is 0 Å². The first kappa shape index (κ1) is 53.7. The lowest BCUT2D eigenvalue weighted by molar-refractivity contribution is -0.147. The lowest BCUT2D eigenvalue weighted by Crippen LogP contribution is -2.43. The third-order valence-corrected chi connectivity index (χ3v) is 10.3. The number of carbonyl (C=O) groups excluding carboxylic acids is 2. The number of hydrogen-bond acceptors (Lipinski definition) is 8. The van der Waals surface area contributed by atoms with E-state index in [1.807, 2.05) is 0 Å². The molecule has 0 fully saturated rings. The summed E-state index contributed by atoms with van der Waals surface area (Å²) >= 11 is 0. The van der Waals surface area contributed by atoms with Crippen LogP contribution in [0.1, 0.15) is 194 Å². The van der Waals surface area contributed by atoms with E-state index in [1.54, 1.807) is 0 Å². The summed E-state index contributed by atoms with van der Waals surface area (Å²) in [7, 11) is -4.76. The van der Waals surface area contributed by atoms with Crippen molar-refractivity contribution in [1.82, 2.24) is 5.32 Å². The van der Waals surface area contributed by atoms with Crippen LogP contribution in [0.3, 0.4) is 0 Å². The van der Waals surface area contributed by atoms with E-state index in [9.17, 15) is 34.1 Å². The van der Waals surface area contributed by atoms with Crippen LogP contribution < -0.4 is 5.32 Å². The summed E-state index contributed by atoms with van der Waals surface area (Å²) < 4.78 is 26.8. The predicted octanol–water partition coefficient (Wildman–Crippen LogP) is 11.2. The van der Waals surface area contributed by atoms with E-state index in [0.717, 1.165) is 64.2 Å². The van der Waals surface area contributed by atoms with Crippen molar-refractivity contribution in [1.29, 1.82) is 0 Å². The molecule has 0 spiro atoms. The Morgan fingerprint density at radius 2 is 1.02 bits per heavy atom. The van der Waals surface area contributed by atoms with Crippen LogP contribution in [0.4, 0.5) is 0 Å². The number of allylic oxidation sites excluding steroid dienone is 6. The molecular weight excluding hydrogens is 733 g/mol. The quantitative estimate of drug-likeness (QED) is 0.0202. The van der Waals surface area contributed by atoms with Gasteiger partial charge in [-0.2, -0.15) is 0 Å². The number of phosphoric ester groups is 1. The number of nitrogens with one attached hydrogen (secondary N) is 1. The van der Waals surface area contributed by atoms with Crippen molar-refractivity contribution in [2.75, 3.05) is 19.8 Å². The molecule has 0 rings (SSSR count). The van der Waals surface area contributed by atoms with E-state index in [2.05, 4.69) is 55.6 Å². The van der Waals surface area contributed by atoms with Crippen molar-refractivity contribution < 1.29 is 47.8 Å². The van der Waals surface area contributed by atoms with Gasteiger partial charge in [-0.15, -0.1) is 0 Å². The van der Waals surface area contributed by atoms with E-state index in [4.69, 9.17) is 13.8 Å². The zero-order valence-corrected chi connectivity index (χ0v) is 36.1. The Morgan fingerprint density at radius 3 is 1.54 bits per heavy atom. The minimum Gasteiger partial charge on any atom is -0.480 e. The Bertz CT molecular complexity index is 1100. The molecule has 0 aromatic rings. The van der Waals surface area contributed by atoms with E-state index in [0.29, 0.717) is 12.8 Å². The van der Waals surface area contributed by atoms with Gasteiger partial charge in [-0.3, -0.25) is 18.6 Å². The van der Waals surface area contributed by atoms with Crippen LogP contribution in [0, 0.1) is 0 Å². The van der Waals surface area contributed by atoms with Gasteiger partial charge in [0.25, 0.3) is 0 Å². The minimum absolute atomic E-state index is 0.143. The molecule has 0 saturated heterocycles. The molecule has 0 heterocycles. The van der Waals surface area contributed by atoms with Crippen molar-refractivity contribution in [3.05, 3.63) is 36.5 Å². The van der Waals surface area contributed by atoms with Crippen LogP contribution in [0.2, 0.25) is 0 Å². The molecular formula is C44H80NO10P. The summed E-state index contributed by atoms with van der Waals surface area (Å²) in [5.41, 5.74) is 0. The molecule has 0 aromatic carbocycles. The molecule has 56 heavy (non-hydrogen) atoms. The van der Waals surface area contributed by atoms with Gasteiger partial charge in [0.15, 0.2) is 6.04 Å². The highest BCUT2D eigenvalue weighted by Crippen LogP contribution is 2.43. The Labute approximate surface area is 340 Å². The van der Waals surface area contributed by atoms with Crippen molar-refractivity contribution in [3.8, 4) is 0 Å². The number of phosphoric acid groups is 1. The van der Waals surface area contributed by atoms with Gasteiger partial charge in [0.05, 0.1) is 13.2 Å². The second kappa shape index (κ2) is 39.5. The summed E-state index contributed by atoms with van der Waals surface area (Å²) in [6.07, 6.45) is 41.7. The zero-order chi connectivity index (χ0) is 41.4. The molecule has 0 radical (unpaired) electrons. The molecule has 0 bridgehead atoms. The van der Waals surface area contributed by atoms with Crippen LogP contribution in [0.15, 0.2) is 36.5 Å². The lowest BCUT2D eigenvalue weighted by atomic mass is 10.1. The first-order valence-corrected chi connectivity index (χ1v) is 23.5. The topological polar surface area (TPSA) is 169 Å². The average Bonchev–Trinajstić information content (AvgIpc) is 3.17. The number of aliphatic hydroxyl groups excluding tert-OH is 1. The normalized spacial score (nSPS) is 14.1.